The van der Waals surface area contributed by atoms with Crippen LogP contribution in [0.5, 0.6) is 0 Å². The predicted octanol–water partition coefficient (Wildman–Crippen LogP) is 4.67. The highest BCUT2D eigenvalue weighted by atomic mass is 16.5. The molecule has 0 aromatic heterocycles. The molecule has 2 aromatic rings. The standard InChI is InChI=1S/C24H25NO3/c1-24(13-15-10-11-16(24)12-22(15)26)25-23(27)28-14-21-19-8-4-2-6-17(19)18-7-3-5-9-20(18)21/h2-9,15-16,21H,10-14H2,1H3,(H,25,27)/t15-,16-,24-/m0/s1. The fourth-order valence-corrected chi connectivity index (χ4v) is 5.53. The third-order valence-corrected chi connectivity index (χ3v) is 7.07. The van der Waals surface area contributed by atoms with Crippen LogP contribution in [0.2, 0.25) is 0 Å². The van der Waals surface area contributed by atoms with Gasteiger partial charge in [0.15, 0.2) is 0 Å². The van der Waals surface area contributed by atoms with Gasteiger partial charge < -0.3 is 10.1 Å². The van der Waals surface area contributed by atoms with Crippen LogP contribution < -0.4 is 5.32 Å². The molecule has 4 aliphatic carbocycles. The van der Waals surface area contributed by atoms with Crippen LogP contribution in [-0.4, -0.2) is 24.0 Å². The van der Waals surface area contributed by atoms with Crippen LogP contribution in [-0.2, 0) is 9.53 Å². The first-order chi connectivity index (χ1) is 13.5. The molecule has 0 heterocycles. The highest BCUT2D eigenvalue weighted by Gasteiger charge is 2.49. The van der Waals surface area contributed by atoms with Gasteiger partial charge in [0.05, 0.1) is 0 Å². The summed E-state index contributed by atoms with van der Waals surface area (Å²) in [5, 5.41) is 3.11. The lowest BCUT2D eigenvalue weighted by Crippen LogP contribution is -2.59. The number of hydrogen-bond acceptors (Lipinski definition) is 3. The number of ketones is 1. The largest absolute Gasteiger partial charge is 0.449 e. The van der Waals surface area contributed by atoms with E-state index < -0.39 is 0 Å². The number of nitrogens with one attached hydrogen (secondary N) is 1. The minimum atomic E-state index is -0.371. The summed E-state index contributed by atoms with van der Waals surface area (Å²) < 4.78 is 5.71. The quantitative estimate of drug-likeness (QED) is 0.848. The second-order valence-corrected chi connectivity index (χ2v) is 8.71. The predicted molar refractivity (Wildman–Crippen MR) is 107 cm³/mol. The first-order valence-corrected chi connectivity index (χ1v) is 10.2. The van der Waals surface area contributed by atoms with Gasteiger partial charge >= 0.3 is 6.09 Å². The van der Waals surface area contributed by atoms with Crippen molar-refractivity contribution in [3.63, 3.8) is 0 Å². The molecule has 0 saturated heterocycles. The summed E-state index contributed by atoms with van der Waals surface area (Å²) in [5.41, 5.74) is 4.54. The summed E-state index contributed by atoms with van der Waals surface area (Å²) in [6, 6.07) is 16.7. The van der Waals surface area contributed by atoms with Crippen molar-refractivity contribution in [1.82, 2.24) is 5.32 Å². The number of rotatable bonds is 3. The van der Waals surface area contributed by atoms with Crippen molar-refractivity contribution in [1.29, 1.82) is 0 Å². The van der Waals surface area contributed by atoms with Gasteiger partial charge in [0, 0.05) is 23.8 Å². The van der Waals surface area contributed by atoms with Crippen LogP contribution in [0, 0.1) is 11.8 Å². The SMILES string of the molecule is C[C@]1(NC(=O)OCC2c3ccccc3-c3ccccc32)C[C@@H]2CC[C@H]1CC2=O. The maximum atomic E-state index is 12.6. The van der Waals surface area contributed by atoms with E-state index in [1.165, 1.54) is 22.3 Å². The zero-order chi connectivity index (χ0) is 19.3. The summed E-state index contributed by atoms with van der Waals surface area (Å²) in [5.74, 6) is 0.757. The summed E-state index contributed by atoms with van der Waals surface area (Å²) in [6.07, 6.45) is 2.93. The number of Topliss-reactive ketones (excluding diaryl/α,β-unsaturated/α-hetero) is 1. The van der Waals surface area contributed by atoms with Crippen molar-refractivity contribution in [2.45, 2.75) is 44.1 Å². The number of fused-ring (bicyclic) bond motifs is 6. The average Bonchev–Trinajstić information content (AvgIpc) is 3.01. The maximum absolute atomic E-state index is 12.6. The van der Waals surface area contributed by atoms with Gasteiger partial charge in [0.2, 0.25) is 0 Å². The Labute approximate surface area is 165 Å². The molecule has 0 radical (unpaired) electrons. The molecule has 0 unspecified atom stereocenters. The third kappa shape index (κ3) is 2.74. The smallest absolute Gasteiger partial charge is 0.407 e. The van der Waals surface area contributed by atoms with E-state index in [2.05, 4.69) is 36.5 Å². The lowest BCUT2D eigenvalue weighted by molar-refractivity contribution is -0.132. The van der Waals surface area contributed by atoms with Crippen molar-refractivity contribution in [3.05, 3.63) is 59.7 Å². The number of carbonyl (C=O) groups is 2. The number of ether oxygens (including phenoxy) is 1. The summed E-state index contributed by atoms with van der Waals surface area (Å²) in [7, 11) is 0. The zero-order valence-corrected chi connectivity index (χ0v) is 16.1. The van der Waals surface area contributed by atoms with E-state index in [0.717, 1.165) is 19.3 Å². The Morgan fingerprint density at radius 3 is 2.29 bits per heavy atom. The Bertz CT molecular complexity index is 907. The lowest BCUT2D eigenvalue weighted by atomic mass is 9.60. The summed E-state index contributed by atoms with van der Waals surface area (Å²) >= 11 is 0. The normalized spacial score (nSPS) is 28.0. The van der Waals surface area contributed by atoms with Gasteiger partial charge in [-0.2, -0.15) is 0 Å². The summed E-state index contributed by atoms with van der Waals surface area (Å²) in [6.45, 7) is 2.39. The molecule has 1 N–H and O–H groups in total. The monoisotopic (exact) mass is 375 g/mol. The number of benzene rings is 2. The van der Waals surface area contributed by atoms with Gasteiger partial charge in [0.25, 0.3) is 0 Å². The minimum absolute atomic E-state index is 0.0651. The van der Waals surface area contributed by atoms with Crippen molar-refractivity contribution < 1.29 is 14.3 Å². The average molecular weight is 375 g/mol. The number of carbonyl (C=O) groups excluding carboxylic acids is 2. The molecule has 28 heavy (non-hydrogen) atoms. The number of hydrogen-bond donors (Lipinski definition) is 1. The van der Waals surface area contributed by atoms with E-state index >= 15 is 0 Å². The molecular weight excluding hydrogens is 350 g/mol. The molecule has 2 bridgehead atoms. The van der Waals surface area contributed by atoms with E-state index in [1.54, 1.807) is 0 Å². The van der Waals surface area contributed by atoms with Gasteiger partial charge in [-0.25, -0.2) is 4.79 Å². The molecule has 1 amide bonds. The molecule has 144 valence electrons. The van der Waals surface area contributed by atoms with E-state index in [0.29, 0.717) is 18.8 Å². The van der Waals surface area contributed by atoms with Crippen LogP contribution in [0.3, 0.4) is 0 Å². The van der Waals surface area contributed by atoms with Crippen molar-refractivity contribution >= 4 is 11.9 Å². The molecule has 3 atom stereocenters. The van der Waals surface area contributed by atoms with E-state index in [9.17, 15) is 9.59 Å². The molecule has 4 heteroatoms. The molecule has 3 fully saturated rings. The molecule has 4 aliphatic rings. The fourth-order valence-electron chi connectivity index (χ4n) is 5.53. The maximum Gasteiger partial charge on any atom is 0.407 e. The Morgan fingerprint density at radius 2 is 1.71 bits per heavy atom. The van der Waals surface area contributed by atoms with Crippen LogP contribution >= 0.6 is 0 Å². The molecule has 4 nitrogen and oxygen atoms in total. The highest BCUT2D eigenvalue weighted by molar-refractivity contribution is 5.84. The van der Waals surface area contributed by atoms with Gasteiger partial charge in [-0.05, 0) is 54.4 Å². The van der Waals surface area contributed by atoms with E-state index in [4.69, 9.17) is 4.74 Å². The second-order valence-electron chi connectivity index (χ2n) is 8.71. The van der Waals surface area contributed by atoms with Crippen LogP contribution in [0.1, 0.15) is 49.7 Å². The second kappa shape index (κ2) is 6.47. The Kier molecular flexibility index (Phi) is 4.04. The van der Waals surface area contributed by atoms with Gasteiger partial charge in [0.1, 0.15) is 12.4 Å². The summed E-state index contributed by atoms with van der Waals surface area (Å²) in [4.78, 5) is 24.7. The molecule has 3 saturated carbocycles. The highest BCUT2D eigenvalue weighted by Crippen LogP contribution is 2.46. The molecule has 0 spiro atoms. The van der Waals surface area contributed by atoms with Gasteiger partial charge in [-0.3, -0.25) is 4.79 Å². The van der Waals surface area contributed by atoms with E-state index in [-0.39, 0.29) is 29.4 Å². The minimum Gasteiger partial charge on any atom is -0.449 e. The van der Waals surface area contributed by atoms with E-state index in [1.807, 2.05) is 24.3 Å². The first kappa shape index (κ1) is 17.5. The van der Waals surface area contributed by atoms with Crippen LogP contribution in [0.4, 0.5) is 4.79 Å². The van der Waals surface area contributed by atoms with Crippen molar-refractivity contribution in [3.8, 4) is 11.1 Å². The third-order valence-electron chi connectivity index (χ3n) is 7.07. The first-order valence-electron chi connectivity index (χ1n) is 10.2. The number of amides is 1. The molecular formula is C24H25NO3. The van der Waals surface area contributed by atoms with Crippen molar-refractivity contribution in [2.75, 3.05) is 6.61 Å². The van der Waals surface area contributed by atoms with Gasteiger partial charge in [-0.15, -0.1) is 0 Å². The van der Waals surface area contributed by atoms with Crippen molar-refractivity contribution in [2.24, 2.45) is 11.8 Å². The fraction of sp³-hybridized carbons (Fsp3) is 0.417. The van der Waals surface area contributed by atoms with Crippen LogP contribution in [0.15, 0.2) is 48.5 Å². The molecule has 0 aliphatic heterocycles. The number of alkyl carbamates (subject to hydrolysis) is 1. The Morgan fingerprint density at radius 1 is 1.07 bits per heavy atom. The zero-order valence-electron chi connectivity index (χ0n) is 16.1. The Balaban J connectivity index is 1.29. The van der Waals surface area contributed by atoms with Crippen LogP contribution in [0.25, 0.3) is 11.1 Å². The topological polar surface area (TPSA) is 55.4 Å². The molecule has 6 rings (SSSR count). The van der Waals surface area contributed by atoms with Gasteiger partial charge in [-0.1, -0.05) is 48.5 Å². The lowest BCUT2D eigenvalue weighted by Gasteiger charge is -2.48. The molecule has 2 aromatic carbocycles. The Hall–Kier alpha value is -2.62.